The fourth-order valence-electron chi connectivity index (χ4n) is 1.90. The molecule has 0 spiro atoms. The van der Waals surface area contributed by atoms with E-state index >= 15 is 0 Å². The molecule has 1 N–H and O–H groups in total. The van der Waals surface area contributed by atoms with E-state index in [9.17, 15) is 9.59 Å². The lowest BCUT2D eigenvalue weighted by Gasteiger charge is -2.18. The summed E-state index contributed by atoms with van der Waals surface area (Å²) >= 11 is 0. The van der Waals surface area contributed by atoms with Gasteiger partial charge in [0, 0.05) is 36.1 Å². The predicted octanol–water partition coefficient (Wildman–Crippen LogP) is 4.09. The molecule has 0 aromatic carbocycles. The lowest BCUT2D eigenvalue weighted by molar-refractivity contribution is -0.148. The second kappa shape index (κ2) is 10.9. The molecule has 8 heteroatoms. The molecular weight excluding hydrogens is 364 g/mol. The maximum atomic E-state index is 11.4. The van der Waals surface area contributed by atoms with Crippen LogP contribution in [0, 0.1) is 0 Å². The van der Waals surface area contributed by atoms with Crippen molar-refractivity contribution in [1.29, 1.82) is 0 Å². The summed E-state index contributed by atoms with van der Waals surface area (Å²) in [5.74, 6) is -1.29. The van der Waals surface area contributed by atoms with Gasteiger partial charge in [-0.05, 0) is 20.8 Å². The van der Waals surface area contributed by atoms with Crippen molar-refractivity contribution < 1.29 is 28.5 Å². The Morgan fingerprint density at radius 2 is 1.46 bits per heavy atom. The Hall–Kier alpha value is -3.16. The number of ether oxygens (including phenoxy) is 1. The highest BCUT2D eigenvalue weighted by Crippen LogP contribution is 2.15. The minimum Gasteiger partial charge on any atom is -0.478 e. The van der Waals surface area contributed by atoms with Gasteiger partial charge in [-0.2, -0.15) is 0 Å². The third kappa shape index (κ3) is 9.51. The third-order valence-corrected chi connectivity index (χ3v) is 3.30. The number of allylic oxidation sites excluding steroid dienone is 2. The van der Waals surface area contributed by atoms with Gasteiger partial charge in [-0.15, -0.1) is 0 Å². The molecule has 152 valence electrons. The van der Waals surface area contributed by atoms with Crippen molar-refractivity contribution >= 4 is 11.9 Å². The predicted molar refractivity (Wildman–Crippen MR) is 102 cm³/mol. The molecule has 0 amide bonds. The number of aromatic nitrogens is 2. The van der Waals surface area contributed by atoms with Crippen LogP contribution in [0.3, 0.4) is 0 Å². The maximum Gasteiger partial charge on any atom is 0.330 e. The molecule has 0 aliphatic carbocycles. The molecule has 0 aliphatic heterocycles. The second-order valence-electron chi connectivity index (χ2n) is 7.02. The fourth-order valence-corrected chi connectivity index (χ4v) is 1.90. The number of nitrogens with zero attached hydrogens (tertiary/aromatic N) is 2. The van der Waals surface area contributed by atoms with Crippen molar-refractivity contribution in [1.82, 2.24) is 10.3 Å². The number of esters is 1. The van der Waals surface area contributed by atoms with Gasteiger partial charge < -0.3 is 18.9 Å². The molecule has 0 aliphatic rings. The Morgan fingerprint density at radius 3 is 1.82 bits per heavy atom. The zero-order chi connectivity index (χ0) is 21.2. The van der Waals surface area contributed by atoms with Crippen molar-refractivity contribution in [2.45, 2.75) is 52.1 Å². The first kappa shape index (κ1) is 22.9. The van der Waals surface area contributed by atoms with E-state index in [1.54, 1.807) is 24.3 Å². The minimum atomic E-state index is -0.953. The number of carboxylic acids is 1. The second-order valence-corrected chi connectivity index (χ2v) is 7.02. The van der Waals surface area contributed by atoms with Crippen molar-refractivity contribution in [3.05, 3.63) is 60.4 Å². The summed E-state index contributed by atoms with van der Waals surface area (Å²) in [4.78, 5) is 21.5. The maximum absolute atomic E-state index is 11.4. The van der Waals surface area contributed by atoms with Gasteiger partial charge in [0.1, 0.15) is 18.1 Å². The topological polar surface area (TPSA) is 116 Å². The van der Waals surface area contributed by atoms with Crippen molar-refractivity contribution in [2.24, 2.45) is 0 Å². The number of carbonyl (C=O) groups is 2. The van der Waals surface area contributed by atoms with Crippen LogP contribution >= 0.6 is 0 Å². The van der Waals surface area contributed by atoms with Gasteiger partial charge in [-0.3, -0.25) is 0 Å². The average molecular weight is 390 g/mol. The van der Waals surface area contributed by atoms with Gasteiger partial charge in [-0.25, -0.2) is 9.59 Å². The van der Waals surface area contributed by atoms with Gasteiger partial charge in [0.2, 0.25) is 0 Å². The quantitative estimate of drug-likeness (QED) is 0.579. The smallest absolute Gasteiger partial charge is 0.330 e. The van der Waals surface area contributed by atoms with Crippen LogP contribution < -0.4 is 0 Å². The molecule has 0 bridgehead atoms. The highest BCUT2D eigenvalue weighted by molar-refractivity contribution is 5.82. The zero-order valence-electron chi connectivity index (χ0n) is 16.7. The third-order valence-electron chi connectivity index (χ3n) is 3.30. The van der Waals surface area contributed by atoms with Crippen molar-refractivity contribution in [2.75, 3.05) is 0 Å². The van der Waals surface area contributed by atoms with Crippen LogP contribution in [0.1, 0.15) is 57.8 Å². The standard InChI is InChI=1S/C12H17NO3.C8H9NO3/c1-9(10-7-8-15-13-10)5-6-11(14)16-12(2,3)4;1-6(2-3-8(10)11)7-4-5-12-9-7/h5-9H,1-4H3;2-6H,1H3,(H,10,11)/b6-5-;3-2-. The molecule has 0 saturated heterocycles. The number of carbonyl (C=O) groups excluding carboxylic acids is 1. The molecular formula is C20H26N2O6. The summed E-state index contributed by atoms with van der Waals surface area (Å²) in [6.07, 6.45) is 8.78. The van der Waals surface area contributed by atoms with Gasteiger partial charge in [0.05, 0.1) is 11.4 Å². The molecule has 0 fully saturated rings. The first-order valence-corrected chi connectivity index (χ1v) is 8.71. The summed E-state index contributed by atoms with van der Waals surface area (Å²) in [5.41, 5.74) is 1.06. The van der Waals surface area contributed by atoms with E-state index < -0.39 is 11.6 Å². The number of hydrogen-bond donors (Lipinski definition) is 1. The lowest BCUT2D eigenvalue weighted by Crippen LogP contribution is -2.22. The van der Waals surface area contributed by atoms with Gasteiger partial charge in [0.25, 0.3) is 0 Å². The molecule has 0 saturated carbocycles. The summed E-state index contributed by atoms with van der Waals surface area (Å²) in [5, 5.41) is 15.8. The van der Waals surface area contributed by atoms with Crippen LogP contribution in [-0.2, 0) is 14.3 Å². The lowest BCUT2D eigenvalue weighted by atomic mass is 10.1. The first-order valence-electron chi connectivity index (χ1n) is 8.71. The normalized spacial score (nSPS) is 13.8. The van der Waals surface area contributed by atoms with Crippen LogP contribution in [0.4, 0.5) is 0 Å². The Labute approximate surface area is 163 Å². The number of hydrogen-bond acceptors (Lipinski definition) is 7. The summed E-state index contributed by atoms with van der Waals surface area (Å²) in [7, 11) is 0. The molecule has 8 nitrogen and oxygen atoms in total. The van der Waals surface area contributed by atoms with Crippen LogP contribution in [-0.4, -0.2) is 33.0 Å². The monoisotopic (exact) mass is 390 g/mol. The molecule has 2 unspecified atom stereocenters. The van der Waals surface area contributed by atoms with E-state index in [4.69, 9.17) is 14.4 Å². The molecule has 2 aromatic rings. The Balaban J connectivity index is 0.000000292. The molecule has 0 radical (unpaired) electrons. The molecule has 2 rings (SSSR count). The minimum absolute atomic E-state index is 0.0279. The SMILES string of the molecule is CC(/C=C\C(=O)O)c1ccon1.CC(/C=C\C(=O)OC(C)(C)C)c1ccon1. The van der Waals surface area contributed by atoms with Crippen molar-refractivity contribution in [3.63, 3.8) is 0 Å². The van der Waals surface area contributed by atoms with E-state index in [0.29, 0.717) is 0 Å². The summed E-state index contributed by atoms with van der Waals surface area (Å²) in [6.45, 7) is 9.27. The van der Waals surface area contributed by atoms with E-state index in [0.717, 1.165) is 17.5 Å². The van der Waals surface area contributed by atoms with E-state index in [2.05, 4.69) is 14.8 Å². The Kier molecular flexibility index (Phi) is 8.87. The van der Waals surface area contributed by atoms with Gasteiger partial charge in [0.15, 0.2) is 0 Å². The molecule has 28 heavy (non-hydrogen) atoms. The van der Waals surface area contributed by atoms with Crippen LogP contribution in [0.5, 0.6) is 0 Å². The van der Waals surface area contributed by atoms with E-state index in [-0.39, 0.29) is 17.8 Å². The fraction of sp³-hybridized carbons (Fsp3) is 0.400. The zero-order valence-corrected chi connectivity index (χ0v) is 16.7. The number of rotatable bonds is 6. The van der Waals surface area contributed by atoms with E-state index in [1.807, 2.05) is 34.6 Å². The Morgan fingerprint density at radius 1 is 1.00 bits per heavy atom. The van der Waals surface area contributed by atoms with Crippen LogP contribution in [0.25, 0.3) is 0 Å². The summed E-state index contributed by atoms with van der Waals surface area (Å²) in [6, 6.07) is 3.47. The van der Waals surface area contributed by atoms with Gasteiger partial charge in [-0.1, -0.05) is 36.3 Å². The highest BCUT2D eigenvalue weighted by Gasteiger charge is 2.14. The largest absolute Gasteiger partial charge is 0.478 e. The van der Waals surface area contributed by atoms with Gasteiger partial charge >= 0.3 is 11.9 Å². The molecule has 2 aromatic heterocycles. The number of carboxylic acid groups (broad SMARTS) is 1. The highest BCUT2D eigenvalue weighted by atomic mass is 16.6. The average Bonchev–Trinajstić information content (AvgIpc) is 3.29. The van der Waals surface area contributed by atoms with Crippen LogP contribution in [0.15, 0.2) is 58.0 Å². The Bertz CT molecular complexity index is 770. The summed E-state index contributed by atoms with van der Waals surface area (Å²) < 4.78 is 14.5. The number of aliphatic carboxylic acids is 1. The van der Waals surface area contributed by atoms with Crippen molar-refractivity contribution in [3.8, 4) is 0 Å². The first-order chi connectivity index (χ1) is 13.1. The van der Waals surface area contributed by atoms with Crippen LogP contribution in [0.2, 0.25) is 0 Å². The molecule has 2 heterocycles. The van der Waals surface area contributed by atoms with E-state index in [1.165, 1.54) is 18.6 Å². The molecule has 2 atom stereocenters.